The molecule has 2 rings (SSSR count). The van der Waals surface area contributed by atoms with Crippen molar-refractivity contribution in [1.29, 1.82) is 0 Å². The molecule has 0 saturated carbocycles. The van der Waals surface area contributed by atoms with Crippen LogP contribution in [0.3, 0.4) is 0 Å². The lowest BCUT2D eigenvalue weighted by atomic mass is 10.2. The van der Waals surface area contributed by atoms with Crippen molar-refractivity contribution in [2.24, 2.45) is 4.99 Å². The zero-order chi connectivity index (χ0) is 16.8. The average Bonchev–Trinajstić information content (AvgIpc) is 2.55. The normalized spacial score (nSPS) is 12.1. The van der Waals surface area contributed by atoms with Gasteiger partial charge in [-0.3, -0.25) is 4.99 Å². The maximum absolute atomic E-state index is 10.8. The van der Waals surface area contributed by atoms with Gasteiger partial charge in [-0.05, 0) is 55.0 Å². The summed E-state index contributed by atoms with van der Waals surface area (Å²) in [5.41, 5.74) is 1.46. The summed E-state index contributed by atoms with van der Waals surface area (Å²) >= 11 is 0. The minimum Gasteiger partial charge on any atom is -0.508 e. The van der Waals surface area contributed by atoms with Gasteiger partial charge in [-0.15, -0.1) is 0 Å². The van der Waals surface area contributed by atoms with Crippen LogP contribution >= 0.6 is 0 Å². The number of carbonyl (C=O) groups is 1. The summed E-state index contributed by atoms with van der Waals surface area (Å²) in [5.74, 6) is -0.0957. The van der Waals surface area contributed by atoms with Crippen LogP contribution in [-0.2, 0) is 4.79 Å². The maximum Gasteiger partial charge on any atom is 0.344 e. The molecule has 0 radical (unpaired) electrons. The van der Waals surface area contributed by atoms with Crippen LogP contribution < -0.4 is 9.47 Å². The zero-order valence-electron chi connectivity index (χ0n) is 12.8. The number of aliphatic carboxylic acids is 1. The molecule has 0 unspecified atom stereocenters. The molecule has 0 saturated heterocycles. The van der Waals surface area contributed by atoms with Gasteiger partial charge in [-0.25, -0.2) is 4.79 Å². The number of hydrogen-bond acceptors (Lipinski definition) is 5. The topological polar surface area (TPSA) is 88.4 Å². The first kappa shape index (κ1) is 16.4. The molecule has 0 aliphatic heterocycles. The highest BCUT2D eigenvalue weighted by Crippen LogP contribution is 2.28. The number of nitrogens with zero attached hydrogens (tertiary/aromatic N) is 1. The Labute approximate surface area is 133 Å². The van der Waals surface area contributed by atoms with E-state index in [1.165, 1.54) is 14.0 Å². The van der Waals surface area contributed by atoms with Gasteiger partial charge in [-0.1, -0.05) is 0 Å². The molecular weight excluding hydrogens is 298 g/mol. The van der Waals surface area contributed by atoms with Crippen LogP contribution in [0, 0.1) is 0 Å². The number of hydrogen-bond donors (Lipinski definition) is 2. The quantitative estimate of drug-likeness (QED) is 0.800. The second-order valence-corrected chi connectivity index (χ2v) is 4.78. The number of methoxy groups -OCH3 is 1. The lowest BCUT2D eigenvalue weighted by Gasteiger charge is -2.14. The molecule has 0 aliphatic carbocycles. The van der Waals surface area contributed by atoms with E-state index in [0.717, 1.165) is 5.56 Å². The standard InChI is InChI=1S/C17H17NO5/c1-11(17(20)21)23-15-8-3-12(9-16(15)22-2)10-18-13-4-6-14(19)7-5-13/h3-11,19H,1-2H3,(H,20,21)/t11-/m0/s1. The Kier molecular flexibility index (Phi) is 5.19. The van der Waals surface area contributed by atoms with E-state index in [1.54, 1.807) is 48.7 Å². The van der Waals surface area contributed by atoms with Crippen LogP contribution in [0.1, 0.15) is 12.5 Å². The number of rotatable bonds is 6. The Morgan fingerprint density at radius 1 is 1.17 bits per heavy atom. The van der Waals surface area contributed by atoms with E-state index in [4.69, 9.17) is 14.6 Å². The molecular formula is C17H17NO5. The van der Waals surface area contributed by atoms with Crippen LogP contribution in [0.2, 0.25) is 0 Å². The van der Waals surface area contributed by atoms with Crippen LogP contribution in [0.4, 0.5) is 5.69 Å². The molecule has 2 aromatic rings. The van der Waals surface area contributed by atoms with Gasteiger partial charge in [0, 0.05) is 6.21 Å². The van der Waals surface area contributed by atoms with Crippen molar-refractivity contribution >= 4 is 17.9 Å². The molecule has 0 amide bonds. The summed E-state index contributed by atoms with van der Waals surface area (Å²) < 4.78 is 10.6. The molecule has 6 nitrogen and oxygen atoms in total. The van der Waals surface area contributed by atoms with Crippen LogP contribution in [0.25, 0.3) is 0 Å². The van der Waals surface area contributed by atoms with Gasteiger partial charge in [-0.2, -0.15) is 0 Å². The fraction of sp³-hybridized carbons (Fsp3) is 0.176. The number of aromatic hydroxyl groups is 1. The van der Waals surface area contributed by atoms with Gasteiger partial charge in [0.25, 0.3) is 0 Å². The second kappa shape index (κ2) is 7.31. The van der Waals surface area contributed by atoms with Crippen LogP contribution in [-0.4, -0.2) is 35.6 Å². The minimum atomic E-state index is -1.05. The summed E-state index contributed by atoms with van der Waals surface area (Å²) in [6, 6.07) is 11.6. The summed E-state index contributed by atoms with van der Waals surface area (Å²) in [4.78, 5) is 15.1. The van der Waals surface area contributed by atoms with Crippen molar-refractivity contribution in [2.45, 2.75) is 13.0 Å². The molecule has 2 aromatic carbocycles. The third-order valence-electron chi connectivity index (χ3n) is 3.05. The van der Waals surface area contributed by atoms with Crippen molar-refractivity contribution in [2.75, 3.05) is 7.11 Å². The number of benzene rings is 2. The van der Waals surface area contributed by atoms with Crippen molar-refractivity contribution in [3.05, 3.63) is 48.0 Å². The van der Waals surface area contributed by atoms with E-state index in [2.05, 4.69) is 4.99 Å². The highest BCUT2D eigenvalue weighted by molar-refractivity contribution is 5.83. The van der Waals surface area contributed by atoms with Crippen molar-refractivity contribution in [1.82, 2.24) is 0 Å². The SMILES string of the molecule is COc1cc(C=Nc2ccc(O)cc2)ccc1O[C@@H](C)C(=O)O. The van der Waals surface area contributed by atoms with E-state index < -0.39 is 12.1 Å². The van der Waals surface area contributed by atoms with E-state index >= 15 is 0 Å². The number of ether oxygens (including phenoxy) is 2. The monoisotopic (exact) mass is 315 g/mol. The number of carboxylic acid groups (broad SMARTS) is 1. The molecule has 23 heavy (non-hydrogen) atoms. The first-order valence-corrected chi connectivity index (χ1v) is 6.90. The van der Waals surface area contributed by atoms with Gasteiger partial charge in [0.2, 0.25) is 0 Å². The second-order valence-electron chi connectivity index (χ2n) is 4.78. The van der Waals surface area contributed by atoms with Crippen molar-refractivity contribution < 1.29 is 24.5 Å². The predicted octanol–water partition coefficient (Wildman–Crippen LogP) is 3.00. The fourth-order valence-electron chi connectivity index (χ4n) is 1.79. The van der Waals surface area contributed by atoms with E-state index in [1.807, 2.05) is 0 Å². The average molecular weight is 315 g/mol. The number of phenolic OH excluding ortho intramolecular Hbond substituents is 1. The Hall–Kier alpha value is -3.02. The van der Waals surface area contributed by atoms with Gasteiger partial charge < -0.3 is 19.7 Å². The Bertz CT molecular complexity index is 709. The molecule has 120 valence electrons. The van der Waals surface area contributed by atoms with Gasteiger partial charge in [0.05, 0.1) is 12.8 Å². The third kappa shape index (κ3) is 4.47. The lowest BCUT2D eigenvalue weighted by Crippen LogP contribution is -2.23. The molecule has 0 fully saturated rings. The van der Waals surface area contributed by atoms with Gasteiger partial charge in [0.15, 0.2) is 17.6 Å². The molecule has 0 spiro atoms. The Morgan fingerprint density at radius 3 is 2.48 bits per heavy atom. The molecule has 2 N–H and O–H groups in total. The highest BCUT2D eigenvalue weighted by atomic mass is 16.5. The Balaban J connectivity index is 2.18. The first-order valence-electron chi connectivity index (χ1n) is 6.90. The number of aliphatic imine (C=N–C) groups is 1. The third-order valence-corrected chi connectivity index (χ3v) is 3.05. The molecule has 0 aliphatic rings. The minimum absolute atomic E-state index is 0.180. The largest absolute Gasteiger partial charge is 0.508 e. The van der Waals surface area contributed by atoms with Gasteiger partial charge in [0.1, 0.15) is 5.75 Å². The highest BCUT2D eigenvalue weighted by Gasteiger charge is 2.15. The summed E-state index contributed by atoms with van der Waals surface area (Å²) in [6.07, 6.45) is 0.666. The smallest absolute Gasteiger partial charge is 0.344 e. The van der Waals surface area contributed by atoms with Crippen molar-refractivity contribution in [3.63, 3.8) is 0 Å². The first-order chi connectivity index (χ1) is 11.0. The van der Waals surface area contributed by atoms with E-state index in [9.17, 15) is 9.90 Å². The molecule has 0 aromatic heterocycles. The molecule has 0 heterocycles. The fourth-order valence-corrected chi connectivity index (χ4v) is 1.79. The van der Waals surface area contributed by atoms with Gasteiger partial charge >= 0.3 is 5.97 Å². The zero-order valence-corrected chi connectivity index (χ0v) is 12.8. The number of phenols is 1. The summed E-state index contributed by atoms with van der Waals surface area (Å²) in [5, 5.41) is 18.1. The van der Waals surface area contributed by atoms with E-state index in [-0.39, 0.29) is 5.75 Å². The van der Waals surface area contributed by atoms with Crippen LogP contribution in [0.5, 0.6) is 17.2 Å². The summed E-state index contributed by atoms with van der Waals surface area (Å²) in [6.45, 7) is 1.45. The molecule has 6 heteroatoms. The van der Waals surface area contributed by atoms with Crippen molar-refractivity contribution in [3.8, 4) is 17.2 Å². The predicted molar refractivity (Wildman–Crippen MR) is 86.1 cm³/mol. The van der Waals surface area contributed by atoms with Crippen LogP contribution in [0.15, 0.2) is 47.5 Å². The summed E-state index contributed by atoms with van der Waals surface area (Å²) in [7, 11) is 1.48. The molecule has 0 bridgehead atoms. The van der Waals surface area contributed by atoms with E-state index in [0.29, 0.717) is 17.2 Å². The lowest BCUT2D eigenvalue weighted by molar-refractivity contribution is -0.144. The maximum atomic E-state index is 10.8. The number of carboxylic acids is 1. The Morgan fingerprint density at radius 2 is 1.87 bits per heavy atom. The molecule has 1 atom stereocenters.